The van der Waals surface area contributed by atoms with Crippen molar-refractivity contribution in [2.75, 3.05) is 13.2 Å². The lowest BCUT2D eigenvalue weighted by molar-refractivity contribution is 0.0546. The van der Waals surface area contributed by atoms with E-state index in [9.17, 15) is 5.26 Å². The second-order valence-electron chi connectivity index (χ2n) is 3.44. The molecular formula is C10H11N3O. The Balaban J connectivity index is 2.33. The van der Waals surface area contributed by atoms with Gasteiger partial charge in [-0.25, -0.2) is 0 Å². The molecule has 4 heteroatoms. The normalized spacial score (nSPS) is 26.8. The molecule has 0 aliphatic carbocycles. The summed E-state index contributed by atoms with van der Waals surface area (Å²) in [5.41, 5.74) is 0.147. The van der Waals surface area contributed by atoms with Gasteiger partial charge in [-0.3, -0.25) is 9.97 Å². The van der Waals surface area contributed by atoms with Crippen LogP contribution in [0.15, 0.2) is 18.6 Å². The Bertz CT molecular complexity index is 338. The van der Waals surface area contributed by atoms with Crippen LogP contribution in [0.3, 0.4) is 0 Å². The smallest absolute Gasteiger partial charge is 0.124 e. The third-order valence-electron chi connectivity index (χ3n) is 2.51. The third-order valence-corrected chi connectivity index (χ3v) is 2.51. The van der Waals surface area contributed by atoms with E-state index in [1.165, 1.54) is 0 Å². The van der Waals surface area contributed by atoms with Gasteiger partial charge in [0.05, 0.1) is 24.6 Å². The first-order valence-corrected chi connectivity index (χ1v) is 4.63. The number of aromatic nitrogens is 2. The lowest BCUT2D eigenvalue weighted by Crippen LogP contribution is -2.35. The first-order chi connectivity index (χ1) is 6.87. The van der Waals surface area contributed by atoms with Crippen molar-refractivity contribution in [2.24, 2.45) is 0 Å². The zero-order valence-corrected chi connectivity index (χ0v) is 7.81. The SMILES string of the molecule is N#CC1(c2cnccn2)CCCOC1. The zero-order valence-electron chi connectivity index (χ0n) is 7.81. The number of rotatable bonds is 1. The fourth-order valence-electron chi connectivity index (χ4n) is 1.69. The van der Waals surface area contributed by atoms with Gasteiger partial charge in [0, 0.05) is 19.0 Å². The lowest BCUT2D eigenvalue weighted by Gasteiger charge is -2.29. The average Bonchev–Trinajstić information content (AvgIpc) is 2.31. The number of nitrogens with zero attached hydrogens (tertiary/aromatic N) is 3. The highest BCUT2D eigenvalue weighted by Crippen LogP contribution is 2.30. The summed E-state index contributed by atoms with van der Waals surface area (Å²) in [6.07, 6.45) is 6.59. The fraction of sp³-hybridized carbons (Fsp3) is 0.500. The maximum absolute atomic E-state index is 9.20. The van der Waals surface area contributed by atoms with Gasteiger partial charge in [0.2, 0.25) is 0 Å². The molecule has 1 aliphatic rings. The molecule has 0 bridgehead atoms. The van der Waals surface area contributed by atoms with Gasteiger partial charge in [-0.15, -0.1) is 0 Å². The van der Waals surface area contributed by atoms with E-state index in [1.54, 1.807) is 18.6 Å². The molecule has 72 valence electrons. The van der Waals surface area contributed by atoms with E-state index in [0.29, 0.717) is 6.61 Å². The van der Waals surface area contributed by atoms with Crippen LogP contribution in [-0.2, 0) is 10.2 Å². The lowest BCUT2D eigenvalue weighted by atomic mass is 9.81. The van der Waals surface area contributed by atoms with Gasteiger partial charge in [-0.1, -0.05) is 0 Å². The topological polar surface area (TPSA) is 58.8 Å². The number of hydrogen-bond donors (Lipinski definition) is 0. The van der Waals surface area contributed by atoms with Crippen molar-refractivity contribution in [3.8, 4) is 6.07 Å². The Morgan fingerprint density at radius 3 is 3.00 bits per heavy atom. The quantitative estimate of drug-likeness (QED) is 0.662. The van der Waals surface area contributed by atoms with E-state index in [-0.39, 0.29) is 0 Å². The summed E-state index contributed by atoms with van der Waals surface area (Å²) >= 11 is 0. The molecule has 1 aromatic heterocycles. The van der Waals surface area contributed by atoms with E-state index >= 15 is 0 Å². The fourth-order valence-corrected chi connectivity index (χ4v) is 1.69. The van der Waals surface area contributed by atoms with Crippen LogP contribution in [0.1, 0.15) is 18.5 Å². The molecule has 2 rings (SSSR count). The van der Waals surface area contributed by atoms with E-state index in [4.69, 9.17) is 4.74 Å². The van der Waals surface area contributed by atoms with Crippen LogP contribution in [0, 0.1) is 11.3 Å². The zero-order chi connectivity index (χ0) is 9.86. The van der Waals surface area contributed by atoms with Gasteiger partial charge in [-0.2, -0.15) is 5.26 Å². The van der Waals surface area contributed by atoms with Crippen LogP contribution >= 0.6 is 0 Å². The highest BCUT2D eigenvalue weighted by Gasteiger charge is 2.36. The molecule has 0 amide bonds. The summed E-state index contributed by atoms with van der Waals surface area (Å²) in [6, 6.07) is 2.31. The Morgan fingerprint density at radius 2 is 2.43 bits per heavy atom. The third kappa shape index (κ3) is 1.47. The number of hydrogen-bond acceptors (Lipinski definition) is 4. The molecule has 0 N–H and O–H groups in total. The molecule has 0 radical (unpaired) electrons. The van der Waals surface area contributed by atoms with Crippen molar-refractivity contribution >= 4 is 0 Å². The molecule has 1 aliphatic heterocycles. The van der Waals surface area contributed by atoms with E-state index in [1.807, 2.05) is 0 Å². The van der Waals surface area contributed by atoms with E-state index in [0.717, 1.165) is 25.1 Å². The molecule has 1 fully saturated rings. The molecule has 0 spiro atoms. The van der Waals surface area contributed by atoms with Gasteiger partial charge >= 0.3 is 0 Å². The van der Waals surface area contributed by atoms with Gasteiger partial charge < -0.3 is 4.74 Å². The molecule has 1 unspecified atom stereocenters. The van der Waals surface area contributed by atoms with E-state index in [2.05, 4.69) is 16.0 Å². The monoisotopic (exact) mass is 189 g/mol. The molecule has 4 nitrogen and oxygen atoms in total. The van der Waals surface area contributed by atoms with Crippen LogP contribution in [0.2, 0.25) is 0 Å². The second-order valence-corrected chi connectivity index (χ2v) is 3.44. The predicted molar refractivity (Wildman–Crippen MR) is 49.4 cm³/mol. The molecule has 1 saturated heterocycles. The van der Waals surface area contributed by atoms with Gasteiger partial charge in [-0.05, 0) is 12.8 Å². The van der Waals surface area contributed by atoms with Gasteiger partial charge in [0.1, 0.15) is 5.41 Å². The summed E-state index contributed by atoms with van der Waals surface area (Å²) in [4.78, 5) is 8.16. The van der Waals surface area contributed by atoms with Crippen molar-refractivity contribution in [1.29, 1.82) is 5.26 Å². The number of ether oxygens (including phenoxy) is 1. The first-order valence-electron chi connectivity index (χ1n) is 4.63. The van der Waals surface area contributed by atoms with Crippen molar-refractivity contribution in [2.45, 2.75) is 18.3 Å². The standard InChI is InChI=1S/C10H11N3O/c11-7-10(2-1-5-14-8-10)9-6-12-3-4-13-9/h3-4,6H,1-2,5,8H2. The molecule has 1 atom stereocenters. The largest absolute Gasteiger partial charge is 0.379 e. The molecule has 2 heterocycles. The highest BCUT2D eigenvalue weighted by molar-refractivity contribution is 5.24. The van der Waals surface area contributed by atoms with Crippen LogP contribution in [-0.4, -0.2) is 23.2 Å². The average molecular weight is 189 g/mol. The Morgan fingerprint density at radius 1 is 1.50 bits per heavy atom. The minimum Gasteiger partial charge on any atom is -0.379 e. The summed E-state index contributed by atoms with van der Waals surface area (Å²) in [7, 11) is 0. The highest BCUT2D eigenvalue weighted by atomic mass is 16.5. The number of nitriles is 1. The van der Waals surface area contributed by atoms with Crippen LogP contribution in [0.4, 0.5) is 0 Å². The molecule has 0 aromatic carbocycles. The first kappa shape index (κ1) is 9.10. The second kappa shape index (κ2) is 3.72. The Hall–Kier alpha value is -1.47. The van der Waals surface area contributed by atoms with Crippen molar-refractivity contribution < 1.29 is 4.74 Å². The summed E-state index contributed by atoms with van der Waals surface area (Å²) in [5.74, 6) is 0. The summed E-state index contributed by atoms with van der Waals surface area (Å²) < 4.78 is 5.34. The van der Waals surface area contributed by atoms with Crippen LogP contribution in [0.25, 0.3) is 0 Å². The van der Waals surface area contributed by atoms with Crippen molar-refractivity contribution in [3.63, 3.8) is 0 Å². The Kier molecular flexibility index (Phi) is 2.42. The van der Waals surface area contributed by atoms with E-state index < -0.39 is 5.41 Å². The molecule has 1 aromatic rings. The van der Waals surface area contributed by atoms with Gasteiger partial charge in [0.15, 0.2) is 0 Å². The molecule has 0 saturated carbocycles. The summed E-state index contributed by atoms with van der Waals surface area (Å²) in [5, 5.41) is 9.20. The minimum absolute atomic E-state index is 0.433. The Labute approximate surface area is 82.6 Å². The maximum atomic E-state index is 9.20. The summed E-state index contributed by atoms with van der Waals surface area (Å²) in [6.45, 7) is 1.17. The van der Waals surface area contributed by atoms with Gasteiger partial charge in [0.25, 0.3) is 0 Å². The minimum atomic E-state index is -0.577. The predicted octanol–water partition coefficient (Wildman–Crippen LogP) is 1.05. The van der Waals surface area contributed by atoms with Crippen molar-refractivity contribution in [3.05, 3.63) is 24.3 Å². The van der Waals surface area contributed by atoms with Crippen LogP contribution < -0.4 is 0 Å². The van der Waals surface area contributed by atoms with Crippen LogP contribution in [0.5, 0.6) is 0 Å². The van der Waals surface area contributed by atoms with Crippen molar-refractivity contribution in [1.82, 2.24) is 9.97 Å². The molecule has 14 heavy (non-hydrogen) atoms. The molecular weight excluding hydrogens is 178 g/mol. The maximum Gasteiger partial charge on any atom is 0.124 e.